The Balaban J connectivity index is 1.36. The number of rotatable bonds is 6. The predicted molar refractivity (Wildman–Crippen MR) is 129 cm³/mol. The minimum atomic E-state index is -0.839. The van der Waals surface area contributed by atoms with Gasteiger partial charge in [-0.15, -0.1) is 21.5 Å². The molecule has 5 rings (SSSR count). The number of carbonyl (C=O) groups is 1. The van der Waals surface area contributed by atoms with Crippen LogP contribution in [-0.2, 0) is 12.0 Å². The van der Waals surface area contributed by atoms with Crippen LogP contribution in [0, 0.1) is 6.92 Å². The first-order chi connectivity index (χ1) is 16.4. The summed E-state index contributed by atoms with van der Waals surface area (Å²) in [6.45, 7) is 4.51. The normalized spacial score (nSPS) is 17.6. The summed E-state index contributed by atoms with van der Waals surface area (Å²) in [6, 6.07) is 15.2. The topological polar surface area (TPSA) is 111 Å². The van der Waals surface area contributed by atoms with Gasteiger partial charge in [-0.2, -0.15) is 0 Å². The molecule has 1 aliphatic rings. The first-order valence-electron chi connectivity index (χ1n) is 11.3. The molecule has 1 amide bonds. The molecule has 8 nitrogen and oxygen atoms in total. The first-order valence-corrected chi connectivity index (χ1v) is 12.2. The number of hydrogen-bond acceptors (Lipinski definition) is 8. The molecule has 174 valence electrons. The molecule has 4 aromatic rings. The van der Waals surface area contributed by atoms with Crippen molar-refractivity contribution in [2.24, 2.45) is 5.73 Å². The van der Waals surface area contributed by atoms with Gasteiger partial charge in [-0.3, -0.25) is 4.79 Å². The average molecular weight is 475 g/mol. The maximum atomic E-state index is 13.3. The second-order valence-electron chi connectivity index (χ2n) is 8.88. The molecule has 4 heterocycles. The van der Waals surface area contributed by atoms with E-state index in [1.807, 2.05) is 54.5 Å². The van der Waals surface area contributed by atoms with E-state index in [1.165, 1.54) is 0 Å². The Bertz CT molecular complexity index is 1300. The number of nitrogens with two attached hydrogens (primary N) is 1. The molecule has 1 aromatic carbocycles. The van der Waals surface area contributed by atoms with E-state index in [1.54, 1.807) is 29.5 Å². The number of pyridine rings is 1. The predicted octanol–water partition coefficient (Wildman–Crippen LogP) is 4.29. The van der Waals surface area contributed by atoms with Crippen molar-refractivity contribution < 1.29 is 9.21 Å². The monoisotopic (exact) mass is 474 g/mol. The summed E-state index contributed by atoms with van der Waals surface area (Å²) in [6.07, 6.45) is 2.40. The van der Waals surface area contributed by atoms with E-state index in [2.05, 4.69) is 20.2 Å². The van der Waals surface area contributed by atoms with Gasteiger partial charge in [-0.25, -0.2) is 9.97 Å². The van der Waals surface area contributed by atoms with Crippen molar-refractivity contribution in [1.82, 2.24) is 25.1 Å². The van der Waals surface area contributed by atoms with Crippen molar-refractivity contribution in [3.05, 3.63) is 81.8 Å². The Kier molecular flexibility index (Phi) is 5.97. The number of likely N-dealkylation sites (tertiary alicyclic amines) is 1. The van der Waals surface area contributed by atoms with Crippen LogP contribution in [0.4, 0.5) is 0 Å². The van der Waals surface area contributed by atoms with Gasteiger partial charge in [-0.1, -0.05) is 36.4 Å². The molecule has 0 saturated carbocycles. The van der Waals surface area contributed by atoms with Gasteiger partial charge >= 0.3 is 0 Å². The molecular weight excluding hydrogens is 448 g/mol. The number of amides is 1. The fourth-order valence-electron chi connectivity index (χ4n) is 4.26. The van der Waals surface area contributed by atoms with E-state index >= 15 is 0 Å². The third-order valence-electron chi connectivity index (χ3n) is 5.95. The third-order valence-corrected chi connectivity index (χ3v) is 7.01. The number of aromatic nitrogens is 4. The van der Waals surface area contributed by atoms with E-state index < -0.39 is 5.54 Å². The Morgan fingerprint density at radius 1 is 1.18 bits per heavy atom. The minimum absolute atomic E-state index is 0.0115. The van der Waals surface area contributed by atoms with Gasteiger partial charge in [0.05, 0.1) is 11.6 Å². The van der Waals surface area contributed by atoms with Crippen LogP contribution in [0.3, 0.4) is 0 Å². The van der Waals surface area contributed by atoms with Gasteiger partial charge in [0.1, 0.15) is 16.4 Å². The lowest BCUT2D eigenvalue weighted by atomic mass is 9.94. The fraction of sp³-hybridized carbons (Fsp3) is 0.320. The van der Waals surface area contributed by atoms with Crippen LogP contribution in [0.5, 0.6) is 0 Å². The van der Waals surface area contributed by atoms with Crippen molar-refractivity contribution in [3.63, 3.8) is 0 Å². The lowest BCUT2D eigenvalue weighted by Crippen LogP contribution is -2.35. The Morgan fingerprint density at radius 2 is 2.00 bits per heavy atom. The molecule has 1 saturated heterocycles. The van der Waals surface area contributed by atoms with Crippen LogP contribution in [0.15, 0.2) is 58.3 Å². The van der Waals surface area contributed by atoms with Gasteiger partial charge in [-0.05, 0) is 50.8 Å². The van der Waals surface area contributed by atoms with Crippen molar-refractivity contribution >= 4 is 17.2 Å². The summed E-state index contributed by atoms with van der Waals surface area (Å²) in [5.74, 6) is 0.441. The fourth-order valence-corrected chi connectivity index (χ4v) is 5.21. The smallest absolute Gasteiger partial charge is 0.273 e. The SMILES string of the molecule is Cc1csc(C2CCCN2C(=O)c2cccc(-c3nnc(C(C)(N)Cc4ccccc4)o3)n2)n1. The van der Waals surface area contributed by atoms with Crippen LogP contribution in [0.2, 0.25) is 0 Å². The van der Waals surface area contributed by atoms with Crippen LogP contribution >= 0.6 is 11.3 Å². The van der Waals surface area contributed by atoms with Crippen molar-refractivity contribution in [3.8, 4) is 11.6 Å². The first kappa shape index (κ1) is 22.4. The molecule has 0 spiro atoms. The summed E-state index contributed by atoms with van der Waals surface area (Å²) >= 11 is 1.60. The van der Waals surface area contributed by atoms with Crippen molar-refractivity contribution in [2.75, 3.05) is 6.54 Å². The second kappa shape index (κ2) is 9.08. The van der Waals surface area contributed by atoms with Gasteiger partial charge in [0.15, 0.2) is 0 Å². The number of benzene rings is 1. The van der Waals surface area contributed by atoms with Gasteiger partial charge in [0, 0.05) is 17.6 Å². The van der Waals surface area contributed by atoms with Crippen LogP contribution in [-0.4, -0.2) is 37.5 Å². The molecule has 1 aliphatic heterocycles. The highest BCUT2D eigenvalue weighted by molar-refractivity contribution is 7.09. The zero-order valence-electron chi connectivity index (χ0n) is 19.1. The average Bonchev–Trinajstić information content (AvgIpc) is 3.59. The summed E-state index contributed by atoms with van der Waals surface area (Å²) in [4.78, 5) is 24.4. The van der Waals surface area contributed by atoms with E-state index in [9.17, 15) is 4.79 Å². The summed E-state index contributed by atoms with van der Waals surface area (Å²) in [5, 5.41) is 11.3. The van der Waals surface area contributed by atoms with E-state index in [0.29, 0.717) is 30.2 Å². The molecule has 9 heteroatoms. The lowest BCUT2D eigenvalue weighted by molar-refractivity contribution is 0.0729. The minimum Gasteiger partial charge on any atom is -0.417 e. The van der Waals surface area contributed by atoms with Gasteiger partial charge in [0.2, 0.25) is 5.89 Å². The molecule has 0 aliphatic carbocycles. The zero-order valence-corrected chi connectivity index (χ0v) is 20.0. The Labute approximate surface area is 201 Å². The number of carbonyl (C=O) groups excluding carboxylic acids is 1. The maximum absolute atomic E-state index is 13.3. The van der Waals surface area contributed by atoms with E-state index in [-0.39, 0.29) is 17.8 Å². The summed E-state index contributed by atoms with van der Waals surface area (Å²) < 4.78 is 5.92. The highest BCUT2D eigenvalue weighted by Gasteiger charge is 2.33. The quantitative estimate of drug-likeness (QED) is 0.444. The molecular formula is C25H26N6O2S. The van der Waals surface area contributed by atoms with E-state index in [4.69, 9.17) is 10.2 Å². The summed E-state index contributed by atoms with van der Waals surface area (Å²) in [7, 11) is 0. The van der Waals surface area contributed by atoms with Crippen LogP contribution < -0.4 is 5.73 Å². The Hall–Kier alpha value is -3.43. The van der Waals surface area contributed by atoms with Crippen LogP contribution in [0.25, 0.3) is 11.6 Å². The highest BCUT2D eigenvalue weighted by atomic mass is 32.1. The lowest BCUT2D eigenvalue weighted by Gasteiger charge is -2.22. The number of hydrogen-bond donors (Lipinski definition) is 1. The highest BCUT2D eigenvalue weighted by Crippen LogP contribution is 2.35. The number of aryl methyl sites for hydroxylation is 1. The van der Waals surface area contributed by atoms with E-state index in [0.717, 1.165) is 29.1 Å². The largest absolute Gasteiger partial charge is 0.417 e. The van der Waals surface area contributed by atoms with Crippen molar-refractivity contribution in [1.29, 1.82) is 0 Å². The molecule has 0 radical (unpaired) electrons. The van der Waals surface area contributed by atoms with Gasteiger partial charge < -0.3 is 15.1 Å². The van der Waals surface area contributed by atoms with Gasteiger partial charge in [0.25, 0.3) is 11.8 Å². The molecule has 2 atom stereocenters. The molecule has 34 heavy (non-hydrogen) atoms. The maximum Gasteiger partial charge on any atom is 0.273 e. The molecule has 3 aromatic heterocycles. The number of thiazole rings is 1. The Morgan fingerprint density at radius 3 is 2.76 bits per heavy atom. The zero-order chi connectivity index (χ0) is 23.7. The molecule has 2 unspecified atom stereocenters. The standard InChI is InChI=1S/C25H26N6O2S/c1-16-15-34-22(27-16)20-12-7-13-31(20)23(32)19-11-6-10-18(28-19)21-29-30-24(33-21)25(2,26)14-17-8-4-3-5-9-17/h3-6,8-11,15,20H,7,12-14,26H2,1-2H3. The summed E-state index contributed by atoms with van der Waals surface area (Å²) in [5.41, 5.74) is 8.52. The molecule has 0 bridgehead atoms. The van der Waals surface area contributed by atoms with Crippen molar-refractivity contribution in [2.45, 2.75) is 44.7 Å². The number of nitrogens with zero attached hydrogens (tertiary/aromatic N) is 5. The third kappa shape index (κ3) is 4.49. The van der Waals surface area contributed by atoms with Crippen LogP contribution in [0.1, 0.15) is 58.5 Å². The second-order valence-corrected chi connectivity index (χ2v) is 9.77. The molecule has 1 fully saturated rings. The molecule has 2 N–H and O–H groups in total.